The molecule has 28 heavy (non-hydrogen) atoms. The van der Waals surface area contributed by atoms with Gasteiger partial charge in [0.05, 0.1) is 11.1 Å². The summed E-state index contributed by atoms with van der Waals surface area (Å²) in [6.45, 7) is 0. The molecule has 0 aliphatic carbocycles. The van der Waals surface area contributed by atoms with Crippen LogP contribution in [0.3, 0.4) is 0 Å². The lowest BCUT2D eigenvalue weighted by atomic mass is 10.1. The molecule has 144 valence electrons. The summed E-state index contributed by atoms with van der Waals surface area (Å²) in [4.78, 5) is 23.4. The number of nitrogens with two attached hydrogens (primary N) is 1. The molecule has 1 heterocycles. The number of anilines is 1. The van der Waals surface area contributed by atoms with Crippen molar-refractivity contribution in [1.29, 1.82) is 0 Å². The molecule has 0 saturated heterocycles. The van der Waals surface area contributed by atoms with Gasteiger partial charge in [-0.25, -0.2) is 4.39 Å². The Kier molecular flexibility index (Phi) is 4.91. The standard InChI is InChI=1S/C19H12F4N2O3/c20-14-5-4-12(9-13(14)17(24)26)25-18(27)16-7-6-15(28-16)10-2-1-3-11(8-10)19(21,22)23/h1-9H,(H2,24,26)(H,25,27). The molecule has 0 bridgehead atoms. The molecule has 3 rings (SSSR count). The topological polar surface area (TPSA) is 85.3 Å². The summed E-state index contributed by atoms with van der Waals surface area (Å²) in [5, 5.41) is 2.39. The summed E-state index contributed by atoms with van der Waals surface area (Å²) in [5.74, 6) is -2.69. The van der Waals surface area contributed by atoms with Crippen LogP contribution in [0.5, 0.6) is 0 Å². The molecule has 0 aliphatic heterocycles. The van der Waals surface area contributed by atoms with Gasteiger partial charge in [0.1, 0.15) is 11.6 Å². The molecule has 0 aliphatic rings. The second-order valence-corrected chi connectivity index (χ2v) is 5.76. The van der Waals surface area contributed by atoms with Gasteiger partial charge in [-0.2, -0.15) is 13.2 Å². The van der Waals surface area contributed by atoms with Crippen LogP contribution in [0.2, 0.25) is 0 Å². The Balaban J connectivity index is 1.82. The van der Waals surface area contributed by atoms with Crippen LogP contribution in [0.4, 0.5) is 23.2 Å². The third-order valence-corrected chi connectivity index (χ3v) is 3.79. The van der Waals surface area contributed by atoms with E-state index in [0.29, 0.717) is 0 Å². The molecule has 3 aromatic rings. The van der Waals surface area contributed by atoms with Crippen molar-refractivity contribution in [3.05, 3.63) is 77.3 Å². The van der Waals surface area contributed by atoms with E-state index < -0.39 is 34.9 Å². The first-order valence-corrected chi connectivity index (χ1v) is 7.83. The largest absolute Gasteiger partial charge is 0.451 e. The number of amides is 2. The normalized spacial score (nSPS) is 11.3. The van der Waals surface area contributed by atoms with Gasteiger partial charge in [-0.05, 0) is 42.5 Å². The zero-order chi connectivity index (χ0) is 20.5. The van der Waals surface area contributed by atoms with Crippen molar-refractivity contribution in [3.63, 3.8) is 0 Å². The summed E-state index contributed by atoms with van der Waals surface area (Å²) in [7, 11) is 0. The van der Waals surface area contributed by atoms with Crippen LogP contribution in [-0.4, -0.2) is 11.8 Å². The highest BCUT2D eigenvalue weighted by Crippen LogP contribution is 2.32. The second kappa shape index (κ2) is 7.18. The number of furan rings is 1. The number of carbonyl (C=O) groups is 2. The molecule has 2 amide bonds. The predicted octanol–water partition coefficient (Wildman–Crippen LogP) is 4.46. The molecular weight excluding hydrogens is 380 g/mol. The first kappa shape index (κ1) is 19.2. The van der Waals surface area contributed by atoms with Crippen molar-refractivity contribution in [2.75, 3.05) is 5.32 Å². The summed E-state index contributed by atoms with van der Waals surface area (Å²) >= 11 is 0. The van der Waals surface area contributed by atoms with Gasteiger partial charge in [0.2, 0.25) is 0 Å². The van der Waals surface area contributed by atoms with Crippen LogP contribution in [0, 0.1) is 5.82 Å². The number of halogens is 4. The molecule has 0 saturated carbocycles. The minimum absolute atomic E-state index is 0.0631. The molecular formula is C19H12F4N2O3. The van der Waals surface area contributed by atoms with Crippen molar-refractivity contribution < 1.29 is 31.6 Å². The number of hydrogen-bond acceptors (Lipinski definition) is 3. The number of nitrogens with one attached hydrogen (secondary N) is 1. The fourth-order valence-electron chi connectivity index (χ4n) is 2.45. The van der Waals surface area contributed by atoms with E-state index >= 15 is 0 Å². The first-order valence-electron chi connectivity index (χ1n) is 7.83. The smallest absolute Gasteiger partial charge is 0.416 e. The average molecular weight is 392 g/mol. The minimum atomic E-state index is -4.51. The van der Waals surface area contributed by atoms with Gasteiger partial charge >= 0.3 is 6.18 Å². The molecule has 9 heteroatoms. The number of primary amides is 1. The maximum Gasteiger partial charge on any atom is 0.416 e. The van der Waals surface area contributed by atoms with E-state index in [2.05, 4.69) is 5.32 Å². The van der Waals surface area contributed by atoms with Gasteiger partial charge in [-0.1, -0.05) is 12.1 Å². The maximum atomic E-state index is 13.5. The number of rotatable bonds is 4. The molecule has 0 fully saturated rings. The Morgan fingerprint density at radius 2 is 1.75 bits per heavy atom. The number of alkyl halides is 3. The van der Waals surface area contributed by atoms with Crippen molar-refractivity contribution in [3.8, 4) is 11.3 Å². The van der Waals surface area contributed by atoms with E-state index in [1.807, 2.05) is 0 Å². The van der Waals surface area contributed by atoms with E-state index in [1.54, 1.807) is 0 Å². The quantitative estimate of drug-likeness (QED) is 0.643. The Labute approximate surface area is 155 Å². The lowest BCUT2D eigenvalue weighted by Gasteiger charge is -2.07. The van der Waals surface area contributed by atoms with Crippen LogP contribution >= 0.6 is 0 Å². The zero-order valence-corrected chi connectivity index (χ0v) is 14.0. The van der Waals surface area contributed by atoms with Gasteiger partial charge in [-0.3, -0.25) is 9.59 Å². The second-order valence-electron chi connectivity index (χ2n) is 5.76. The zero-order valence-electron chi connectivity index (χ0n) is 14.0. The molecule has 3 N–H and O–H groups in total. The van der Waals surface area contributed by atoms with E-state index in [9.17, 15) is 27.2 Å². The Bertz CT molecular complexity index is 1060. The van der Waals surface area contributed by atoms with Gasteiger partial charge in [0, 0.05) is 11.3 Å². The highest BCUT2D eigenvalue weighted by Gasteiger charge is 2.30. The molecule has 0 radical (unpaired) electrons. The molecule has 0 spiro atoms. The van der Waals surface area contributed by atoms with E-state index in [-0.39, 0.29) is 22.8 Å². The number of hydrogen-bond donors (Lipinski definition) is 2. The van der Waals surface area contributed by atoms with Crippen LogP contribution < -0.4 is 11.1 Å². The molecule has 2 aromatic carbocycles. The van der Waals surface area contributed by atoms with Crippen molar-refractivity contribution in [2.45, 2.75) is 6.18 Å². The number of carbonyl (C=O) groups excluding carboxylic acids is 2. The van der Waals surface area contributed by atoms with Gasteiger partial charge < -0.3 is 15.5 Å². The highest BCUT2D eigenvalue weighted by molar-refractivity contribution is 6.03. The fraction of sp³-hybridized carbons (Fsp3) is 0.0526. The van der Waals surface area contributed by atoms with Crippen molar-refractivity contribution >= 4 is 17.5 Å². The minimum Gasteiger partial charge on any atom is -0.451 e. The molecule has 0 unspecified atom stereocenters. The average Bonchev–Trinajstić information content (AvgIpc) is 3.13. The lowest BCUT2D eigenvalue weighted by molar-refractivity contribution is -0.137. The summed E-state index contributed by atoms with van der Waals surface area (Å²) in [6, 6.07) is 10.3. The summed E-state index contributed by atoms with van der Waals surface area (Å²) in [5.41, 5.74) is 4.03. The summed E-state index contributed by atoms with van der Waals surface area (Å²) in [6.07, 6.45) is -4.51. The third kappa shape index (κ3) is 4.03. The third-order valence-electron chi connectivity index (χ3n) is 3.79. The fourth-order valence-corrected chi connectivity index (χ4v) is 2.45. The van der Waals surface area contributed by atoms with Crippen molar-refractivity contribution in [2.24, 2.45) is 5.73 Å². The van der Waals surface area contributed by atoms with Crippen molar-refractivity contribution in [1.82, 2.24) is 0 Å². The SMILES string of the molecule is NC(=O)c1cc(NC(=O)c2ccc(-c3cccc(C(F)(F)F)c3)o2)ccc1F. The molecule has 5 nitrogen and oxygen atoms in total. The Morgan fingerprint density at radius 3 is 2.43 bits per heavy atom. The highest BCUT2D eigenvalue weighted by atomic mass is 19.4. The Morgan fingerprint density at radius 1 is 1.00 bits per heavy atom. The van der Waals surface area contributed by atoms with E-state index in [1.165, 1.54) is 30.3 Å². The molecule has 0 atom stereocenters. The van der Waals surface area contributed by atoms with E-state index in [4.69, 9.17) is 10.2 Å². The van der Waals surface area contributed by atoms with Gasteiger partial charge in [0.25, 0.3) is 11.8 Å². The number of benzene rings is 2. The van der Waals surface area contributed by atoms with Crippen LogP contribution in [0.1, 0.15) is 26.5 Å². The predicted molar refractivity (Wildman–Crippen MR) is 92.0 cm³/mol. The summed E-state index contributed by atoms with van der Waals surface area (Å²) < 4.78 is 57.3. The molecule has 1 aromatic heterocycles. The van der Waals surface area contributed by atoms with Crippen LogP contribution in [0.15, 0.2) is 59.0 Å². The maximum absolute atomic E-state index is 13.5. The van der Waals surface area contributed by atoms with Crippen LogP contribution in [0.25, 0.3) is 11.3 Å². The Hall–Kier alpha value is -3.62. The van der Waals surface area contributed by atoms with E-state index in [0.717, 1.165) is 24.3 Å². The van der Waals surface area contributed by atoms with Crippen LogP contribution in [-0.2, 0) is 6.18 Å². The lowest BCUT2D eigenvalue weighted by Crippen LogP contribution is -2.15. The first-order chi connectivity index (χ1) is 13.1. The van der Waals surface area contributed by atoms with Gasteiger partial charge in [0.15, 0.2) is 5.76 Å². The monoisotopic (exact) mass is 392 g/mol. The van der Waals surface area contributed by atoms with Gasteiger partial charge in [-0.15, -0.1) is 0 Å².